The van der Waals surface area contributed by atoms with Crippen LogP contribution in [0.5, 0.6) is 0 Å². The van der Waals surface area contributed by atoms with Crippen molar-refractivity contribution in [3.63, 3.8) is 0 Å². The average Bonchev–Trinajstić information content (AvgIpc) is 2.57. The minimum Gasteiger partial charge on any atom is -0.371 e. The van der Waals surface area contributed by atoms with Crippen LogP contribution in [0.4, 0.5) is 5.69 Å². The number of hydrogen-bond donors (Lipinski definition) is 0. The molecule has 0 amide bonds. The summed E-state index contributed by atoms with van der Waals surface area (Å²) in [6, 6.07) is 11.5. The number of para-hydroxylation sites is 1. The summed E-state index contributed by atoms with van der Waals surface area (Å²) in [6.07, 6.45) is 6.32. The number of aryl methyl sites for hydroxylation is 2. The minimum absolute atomic E-state index is 0.669. The Bertz CT molecular complexity index is 645. The summed E-state index contributed by atoms with van der Waals surface area (Å²) in [7, 11) is 2.26. The number of rotatable bonds is 4. The first-order chi connectivity index (χ1) is 11.1. The molecule has 1 aliphatic rings. The molecule has 3 heteroatoms. The summed E-state index contributed by atoms with van der Waals surface area (Å²) in [4.78, 5) is 9.24. The van der Waals surface area contributed by atoms with Crippen molar-refractivity contribution in [1.82, 2.24) is 9.88 Å². The molecule has 0 aliphatic carbocycles. The van der Waals surface area contributed by atoms with Crippen LogP contribution in [0, 0.1) is 13.8 Å². The van der Waals surface area contributed by atoms with Gasteiger partial charge in [-0.05, 0) is 62.6 Å². The van der Waals surface area contributed by atoms with Crippen LogP contribution in [0.2, 0.25) is 0 Å². The zero-order valence-electron chi connectivity index (χ0n) is 14.5. The van der Waals surface area contributed by atoms with E-state index in [1.54, 1.807) is 0 Å². The van der Waals surface area contributed by atoms with Crippen LogP contribution in [-0.2, 0) is 6.54 Å². The van der Waals surface area contributed by atoms with Gasteiger partial charge in [-0.3, -0.25) is 9.88 Å². The van der Waals surface area contributed by atoms with Crippen LogP contribution in [0.15, 0.2) is 42.7 Å². The van der Waals surface area contributed by atoms with Gasteiger partial charge in [0.1, 0.15) is 0 Å². The molecule has 2 heterocycles. The van der Waals surface area contributed by atoms with Crippen LogP contribution in [0.1, 0.15) is 29.5 Å². The molecule has 2 aromatic rings. The highest BCUT2D eigenvalue weighted by Crippen LogP contribution is 2.25. The van der Waals surface area contributed by atoms with Crippen molar-refractivity contribution >= 4 is 5.69 Å². The zero-order chi connectivity index (χ0) is 16.2. The van der Waals surface area contributed by atoms with E-state index in [4.69, 9.17) is 0 Å². The first-order valence-corrected chi connectivity index (χ1v) is 8.55. The second kappa shape index (κ2) is 7.14. The van der Waals surface area contributed by atoms with Crippen LogP contribution >= 0.6 is 0 Å². The van der Waals surface area contributed by atoms with Crippen molar-refractivity contribution in [3.05, 3.63) is 59.4 Å². The molecule has 3 nitrogen and oxygen atoms in total. The largest absolute Gasteiger partial charge is 0.371 e. The van der Waals surface area contributed by atoms with Gasteiger partial charge < -0.3 is 4.90 Å². The molecule has 122 valence electrons. The number of benzene rings is 1. The third-order valence-corrected chi connectivity index (χ3v) is 5.10. The molecule has 0 bridgehead atoms. The van der Waals surface area contributed by atoms with Gasteiger partial charge in [-0.1, -0.05) is 18.2 Å². The van der Waals surface area contributed by atoms with Gasteiger partial charge in [0.25, 0.3) is 0 Å². The van der Waals surface area contributed by atoms with Gasteiger partial charge in [0, 0.05) is 43.8 Å². The Kier molecular flexibility index (Phi) is 4.97. The quantitative estimate of drug-likeness (QED) is 0.856. The Morgan fingerprint density at radius 1 is 1.09 bits per heavy atom. The Morgan fingerprint density at radius 2 is 1.83 bits per heavy atom. The van der Waals surface area contributed by atoms with E-state index in [1.807, 2.05) is 12.4 Å². The molecule has 0 atom stereocenters. The highest BCUT2D eigenvalue weighted by molar-refractivity contribution is 5.53. The van der Waals surface area contributed by atoms with E-state index in [1.165, 1.54) is 35.2 Å². The second-order valence-electron chi connectivity index (χ2n) is 6.72. The van der Waals surface area contributed by atoms with Crippen molar-refractivity contribution in [2.75, 3.05) is 25.0 Å². The highest BCUT2D eigenvalue weighted by atomic mass is 15.2. The van der Waals surface area contributed by atoms with Crippen molar-refractivity contribution in [2.24, 2.45) is 0 Å². The fraction of sp³-hybridized carbons (Fsp3) is 0.450. The molecule has 1 aromatic heterocycles. The topological polar surface area (TPSA) is 19.4 Å². The monoisotopic (exact) mass is 309 g/mol. The molecule has 1 aromatic carbocycles. The summed E-state index contributed by atoms with van der Waals surface area (Å²) >= 11 is 0. The third-order valence-electron chi connectivity index (χ3n) is 5.10. The van der Waals surface area contributed by atoms with E-state index in [0.29, 0.717) is 6.04 Å². The van der Waals surface area contributed by atoms with Crippen molar-refractivity contribution < 1.29 is 0 Å². The van der Waals surface area contributed by atoms with Crippen LogP contribution in [0.25, 0.3) is 0 Å². The van der Waals surface area contributed by atoms with Gasteiger partial charge in [-0.2, -0.15) is 0 Å². The predicted molar refractivity (Wildman–Crippen MR) is 96.9 cm³/mol. The smallest absolute Gasteiger partial charge is 0.0395 e. The van der Waals surface area contributed by atoms with E-state index in [2.05, 4.69) is 66.0 Å². The molecule has 0 saturated carbocycles. The lowest BCUT2D eigenvalue weighted by Crippen LogP contribution is -2.43. The van der Waals surface area contributed by atoms with Gasteiger partial charge in [0.2, 0.25) is 0 Å². The van der Waals surface area contributed by atoms with Crippen molar-refractivity contribution in [3.8, 4) is 0 Å². The molecule has 1 saturated heterocycles. The number of nitrogens with zero attached hydrogens (tertiary/aromatic N) is 3. The fourth-order valence-corrected chi connectivity index (χ4v) is 3.54. The molecule has 0 radical (unpaired) electrons. The Morgan fingerprint density at radius 3 is 2.52 bits per heavy atom. The normalized spacial score (nSPS) is 16.1. The molecule has 3 rings (SSSR count). The Labute approximate surface area is 140 Å². The summed E-state index contributed by atoms with van der Waals surface area (Å²) < 4.78 is 0. The van der Waals surface area contributed by atoms with E-state index < -0.39 is 0 Å². The number of hydrogen-bond acceptors (Lipinski definition) is 3. The SMILES string of the molecule is Cc1cnccc1CN(C)C1CCN(c2ccccc2C)CC1. The molecule has 1 fully saturated rings. The van der Waals surface area contributed by atoms with Gasteiger partial charge in [0.15, 0.2) is 0 Å². The molecular weight excluding hydrogens is 282 g/mol. The van der Waals surface area contributed by atoms with Gasteiger partial charge in [-0.15, -0.1) is 0 Å². The predicted octanol–water partition coefficient (Wildman–Crippen LogP) is 3.80. The Balaban J connectivity index is 1.58. The van der Waals surface area contributed by atoms with Gasteiger partial charge in [0.05, 0.1) is 0 Å². The molecule has 0 spiro atoms. The maximum absolute atomic E-state index is 4.19. The molecule has 0 unspecified atom stereocenters. The van der Waals surface area contributed by atoms with Gasteiger partial charge in [-0.25, -0.2) is 0 Å². The number of piperidine rings is 1. The van der Waals surface area contributed by atoms with E-state index >= 15 is 0 Å². The molecular formula is C20H27N3. The maximum atomic E-state index is 4.19. The summed E-state index contributed by atoms with van der Waals surface area (Å²) in [5.41, 5.74) is 5.46. The lowest BCUT2D eigenvalue weighted by molar-refractivity contribution is 0.200. The lowest BCUT2D eigenvalue weighted by atomic mass is 10.0. The number of anilines is 1. The van der Waals surface area contributed by atoms with E-state index in [0.717, 1.165) is 19.6 Å². The second-order valence-corrected chi connectivity index (χ2v) is 6.72. The maximum Gasteiger partial charge on any atom is 0.0395 e. The van der Waals surface area contributed by atoms with Crippen LogP contribution in [-0.4, -0.2) is 36.1 Å². The van der Waals surface area contributed by atoms with Crippen molar-refractivity contribution in [1.29, 1.82) is 0 Å². The van der Waals surface area contributed by atoms with Crippen LogP contribution in [0.3, 0.4) is 0 Å². The first kappa shape index (κ1) is 16.0. The number of pyridine rings is 1. The molecule has 23 heavy (non-hydrogen) atoms. The highest BCUT2D eigenvalue weighted by Gasteiger charge is 2.23. The fourth-order valence-electron chi connectivity index (χ4n) is 3.54. The van der Waals surface area contributed by atoms with E-state index in [9.17, 15) is 0 Å². The van der Waals surface area contributed by atoms with Gasteiger partial charge >= 0.3 is 0 Å². The molecule has 1 aliphatic heterocycles. The third kappa shape index (κ3) is 3.73. The minimum atomic E-state index is 0.669. The standard InChI is InChI=1S/C20H27N3/c1-16-6-4-5-7-20(16)23-12-9-19(10-13-23)22(3)15-18-8-11-21-14-17(18)2/h4-8,11,14,19H,9-10,12-13,15H2,1-3H3. The van der Waals surface area contributed by atoms with E-state index in [-0.39, 0.29) is 0 Å². The Hall–Kier alpha value is -1.87. The first-order valence-electron chi connectivity index (χ1n) is 8.55. The summed E-state index contributed by atoms with van der Waals surface area (Å²) in [6.45, 7) is 7.67. The average molecular weight is 309 g/mol. The lowest BCUT2D eigenvalue weighted by Gasteiger charge is -2.38. The summed E-state index contributed by atoms with van der Waals surface area (Å²) in [5.74, 6) is 0. The molecule has 0 N–H and O–H groups in total. The van der Waals surface area contributed by atoms with Crippen molar-refractivity contribution in [2.45, 2.75) is 39.3 Å². The number of aromatic nitrogens is 1. The summed E-state index contributed by atoms with van der Waals surface area (Å²) in [5, 5.41) is 0. The van der Waals surface area contributed by atoms with Crippen LogP contribution < -0.4 is 4.90 Å². The zero-order valence-corrected chi connectivity index (χ0v) is 14.5.